The summed E-state index contributed by atoms with van der Waals surface area (Å²) in [5.74, 6) is 0.430. The van der Waals surface area contributed by atoms with Crippen LogP contribution in [0.4, 0.5) is 0 Å². The van der Waals surface area contributed by atoms with Gasteiger partial charge in [-0.15, -0.1) is 5.10 Å². The van der Waals surface area contributed by atoms with E-state index in [1.54, 1.807) is 34.9 Å². The molecule has 1 aromatic heterocycles. The second-order valence-electron chi connectivity index (χ2n) is 9.98. The second-order valence-corrected chi connectivity index (χ2v) is 9.98. The molecule has 0 aliphatic rings. The van der Waals surface area contributed by atoms with Gasteiger partial charge in [0.25, 0.3) is 0 Å². The Morgan fingerprint density at radius 3 is 2.41 bits per heavy atom. The predicted molar refractivity (Wildman–Crippen MR) is 149 cm³/mol. The molecule has 4 rings (SSSR count). The molecule has 9 heteroatoms. The average molecular weight is 530 g/mol. The SMILES string of the molecule is CCC(C)(C)NC(=O)C(c1ccc(OC)cc1OC)N(Cc1ccccc1)C(=O)Cn1nnc2ccccc21. The molecule has 1 atom stereocenters. The number of methoxy groups -OCH3 is 2. The Morgan fingerprint density at radius 1 is 1.00 bits per heavy atom. The third kappa shape index (κ3) is 6.37. The maximum Gasteiger partial charge on any atom is 0.248 e. The maximum atomic E-state index is 14.1. The molecule has 1 N–H and O–H groups in total. The van der Waals surface area contributed by atoms with Crippen LogP contribution in [0.3, 0.4) is 0 Å². The normalized spacial score (nSPS) is 12.1. The Bertz CT molecular complexity index is 1430. The molecule has 1 heterocycles. The van der Waals surface area contributed by atoms with Gasteiger partial charge in [-0.25, -0.2) is 4.68 Å². The molecule has 9 nitrogen and oxygen atoms in total. The van der Waals surface area contributed by atoms with E-state index in [1.807, 2.05) is 75.4 Å². The van der Waals surface area contributed by atoms with Crippen LogP contribution in [0.2, 0.25) is 0 Å². The van der Waals surface area contributed by atoms with Crippen LogP contribution in [0.15, 0.2) is 72.8 Å². The number of carbonyl (C=O) groups is 2. The van der Waals surface area contributed by atoms with E-state index in [0.717, 1.165) is 11.1 Å². The van der Waals surface area contributed by atoms with E-state index >= 15 is 0 Å². The van der Waals surface area contributed by atoms with Crippen molar-refractivity contribution in [3.05, 3.63) is 83.9 Å². The number of nitrogens with zero attached hydrogens (tertiary/aromatic N) is 4. The number of aromatic nitrogens is 3. The summed E-state index contributed by atoms with van der Waals surface area (Å²) in [5, 5.41) is 11.5. The van der Waals surface area contributed by atoms with Gasteiger partial charge in [0.2, 0.25) is 11.8 Å². The molecule has 204 valence electrons. The van der Waals surface area contributed by atoms with Gasteiger partial charge in [-0.1, -0.05) is 54.6 Å². The first-order chi connectivity index (χ1) is 18.8. The molecule has 3 aromatic carbocycles. The fourth-order valence-corrected chi connectivity index (χ4v) is 4.34. The maximum absolute atomic E-state index is 14.1. The minimum absolute atomic E-state index is 0.0905. The molecular formula is C30H35N5O4. The van der Waals surface area contributed by atoms with Crippen LogP contribution in [-0.2, 0) is 22.7 Å². The van der Waals surface area contributed by atoms with Crippen molar-refractivity contribution in [2.24, 2.45) is 0 Å². The minimum atomic E-state index is -0.987. The van der Waals surface area contributed by atoms with E-state index in [0.29, 0.717) is 29.0 Å². The van der Waals surface area contributed by atoms with Gasteiger partial charge < -0.3 is 19.7 Å². The lowest BCUT2D eigenvalue weighted by molar-refractivity contribution is -0.143. The summed E-state index contributed by atoms with van der Waals surface area (Å²) in [5.41, 5.74) is 2.37. The molecule has 0 fully saturated rings. The summed E-state index contributed by atoms with van der Waals surface area (Å²) < 4.78 is 12.6. The van der Waals surface area contributed by atoms with Crippen molar-refractivity contribution in [1.29, 1.82) is 0 Å². The number of para-hydroxylation sites is 1. The zero-order valence-electron chi connectivity index (χ0n) is 23.0. The first kappa shape index (κ1) is 27.6. The van der Waals surface area contributed by atoms with Gasteiger partial charge in [0.05, 0.1) is 19.7 Å². The van der Waals surface area contributed by atoms with Crippen LogP contribution in [-0.4, -0.2) is 51.5 Å². The summed E-state index contributed by atoms with van der Waals surface area (Å²) in [6.07, 6.45) is 0.711. The number of ether oxygens (including phenoxy) is 2. The van der Waals surface area contributed by atoms with Gasteiger partial charge in [-0.05, 0) is 50.1 Å². The van der Waals surface area contributed by atoms with E-state index < -0.39 is 11.6 Å². The van der Waals surface area contributed by atoms with E-state index in [-0.39, 0.29) is 24.9 Å². The molecule has 4 aromatic rings. The second kappa shape index (κ2) is 12.0. The third-order valence-corrected chi connectivity index (χ3v) is 6.86. The zero-order chi connectivity index (χ0) is 28.0. The van der Waals surface area contributed by atoms with Crippen molar-refractivity contribution in [1.82, 2.24) is 25.2 Å². The van der Waals surface area contributed by atoms with Crippen LogP contribution in [0.25, 0.3) is 11.0 Å². The molecule has 0 saturated carbocycles. The summed E-state index contributed by atoms with van der Waals surface area (Å²) >= 11 is 0. The molecule has 0 radical (unpaired) electrons. The van der Waals surface area contributed by atoms with Gasteiger partial charge >= 0.3 is 0 Å². The van der Waals surface area contributed by atoms with E-state index in [4.69, 9.17) is 9.47 Å². The van der Waals surface area contributed by atoms with Gasteiger partial charge in [0.1, 0.15) is 29.6 Å². The van der Waals surface area contributed by atoms with E-state index in [2.05, 4.69) is 15.6 Å². The molecule has 0 saturated heterocycles. The van der Waals surface area contributed by atoms with Crippen molar-refractivity contribution in [2.75, 3.05) is 14.2 Å². The molecule has 1 unspecified atom stereocenters. The zero-order valence-corrected chi connectivity index (χ0v) is 23.0. The van der Waals surface area contributed by atoms with E-state index in [1.165, 1.54) is 7.11 Å². The number of hydrogen-bond donors (Lipinski definition) is 1. The highest BCUT2D eigenvalue weighted by molar-refractivity contribution is 5.90. The average Bonchev–Trinajstić information content (AvgIpc) is 3.35. The molecule has 0 spiro atoms. The van der Waals surface area contributed by atoms with Crippen LogP contribution in [0.1, 0.15) is 44.4 Å². The Balaban J connectivity index is 1.82. The van der Waals surface area contributed by atoms with Gasteiger partial charge in [0, 0.05) is 23.7 Å². The quantitative estimate of drug-likeness (QED) is 0.307. The first-order valence-corrected chi connectivity index (χ1v) is 12.9. The summed E-state index contributed by atoms with van der Waals surface area (Å²) in [4.78, 5) is 29.8. The fourth-order valence-electron chi connectivity index (χ4n) is 4.34. The molecule has 0 aliphatic carbocycles. The van der Waals surface area contributed by atoms with Crippen molar-refractivity contribution in [3.63, 3.8) is 0 Å². The highest BCUT2D eigenvalue weighted by atomic mass is 16.5. The van der Waals surface area contributed by atoms with Crippen LogP contribution < -0.4 is 14.8 Å². The van der Waals surface area contributed by atoms with E-state index in [9.17, 15) is 9.59 Å². The molecule has 0 bridgehead atoms. The van der Waals surface area contributed by atoms with Crippen molar-refractivity contribution < 1.29 is 19.1 Å². The standard InChI is InChI=1S/C30H35N5O4/c1-6-30(2,3)31-29(37)28(23-17-16-22(38-4)18-26(23)39-5)34(19-21-12-8-7-9-13-21)27(36)20-35-25-15-11-10-14-24(25)32-33-35/h7-18,28H,6,19-20H2,1-5H3,(H,31,37). The Labute approximate surface area is 228 Å². The Morgan fingerprint density at radius 2 is 1.72 bits per heavy atom. The minimum Gasteiger partial charge on any atom is -0.497 e. The summed E-state index contributed by atoms with van der Waals surface area (Å²) in [6.45, 7) is 6.03. The first-order valence-electron chi connectivity index (χ1n) is 12.9. The fraction of sp³-hybridized carbons (Fsp3) is 0.333. The number of fused-ring (bicyclic) bond motifs is 1. The summed E-state index contributed by atoms with van der Waals surface area (Å²) in [7, 11) is 3.10. The predicted octanol–water partition coefficient (Wildman–Crippen LogP) is 4.52. The van der Waals surface area contributed by atoms with Crippen LogP contribution in [0, 0.1) is 0 Å². The lowest BCUT2D eigenvalue weighted by Gasteiger charge is -2.35. The number of hydrogen-bond acceptors (Lipinski definition) is 6. The monoisotopic (exact) mass is 529 g/mol. The van der Waals surface area contributed by atoms with Gasteiger partial charge in [-0.3, -0.25) is 9.59 Å². The van der Waals surface area contributed by atoms with Crippen LogP contribution in [0.5, 0.6) is 11.5 Å². The molecule has 39 heavy (non-hydrogen) atoms. The lowest BCUT2D eigenvalue weighted by Crippen LogP contribution is -2.50. The van der Waals surface area contributed by atoms with Crippen molar-refractivity contribution in [3.8, 4) is 11.5 Å². The number of nitrogens with one attached hydrogen (secondary N) is 1. The van der Waals surface area contributed by atoms with Gasteiger partial charge in [-0.2, -0.15) is 0 Å². The lowest BCUT2D eigenvalue weighted by atomic mass is 9.97. The third-order valence-electron chi connectivity index (χ3n) is 6.86. The Kier molecular flexibility index (Phi) is 8.49. The molecule has 2 amide bonds. The topological polar surface area (TPSA) is 98.6 Å². The molecule has 0 aliphatic heterocycles. The smallest absolute Gasteiger partial charge is 0.248 e. The number of rotatable bonds is 11. The van der Waals surface area contributed by atoms with Crippen molar-refractivity contribution >= 4 is 22.8 Å². The Hall–Kier alpha value is -4.40. The molecular weight excluding hydrogens is 494 g/mol. The highest BCUT2D eigenvalue weighted by Crippen LogP contribution is 2.35. The summed E-state index contributed by atoms with van der Waals surface area (Å²) in [6, 6.07) is 21.3. The van der Waals surface area contributed by atoms with Crippen molar-refractivity contribution in [2.45, 2.75) is 51.9 Å². The number of carbonyl (C=O) groups excluding carboxylic acids is 2. The highest BCUT2D eigenvalue weighted by Gasteiger charge is 2.36. The largest absolute Gasteiger partial charge is 0.497 e. The number of amides is 2. The van der Waals surface area contributed by atoms with Gasteiger partial charge in [0.15, 0.2) is 0 Å². The number of benzene rings is 3. The van der Waals surface area contributed by atoms with Crippen LogP contribution >= 0.6 is 0 Å².